The SMILES string of the molecule is CCCN(CCC)c1ccc(C(=O)N(C)C)cc1.CC[C-]=Cc1[c-]nccc1Br.[CH3-].[K+]. The Morgan fingerprint density at radius 1 is 1.10 bits per heavy atom. The molecule has 0 aliphatic rings. The van der Waals surface area contributed by atoms with Gasteiger partial charge >= 0.3 is 51.4 Å². The molecule has 0 unspecified atom stereocenters. The first-order valence-corrected chi connectivity index (χ1v) is 10.9. The largest absolute Gasteiger partial charge is 1.00 e. The van der Waals surface area contributed by atoms with E-state index < -0.39 is 0 Å². The van der Waals surface area contributed by atoms with Crippen molar-refractivity contribution in [1.82, 2.24) is 9.88 Å². The number of anilines is 1. The molecule has 0 aliphatic carbocycles. The molecule has 6 heteroatoms. The van der Waals surface area contributed by atoms with E-state index in [9.17, 15) is 4.79 Å². The van der Waals surface area contributed by atoms with Gasteiger partial charge in [0.25, 0.3) is 5.91 Å². The fourth-order valence-corrected chi connectivity index (χ4v) is 2.96. The van der Waals surface area contributed by atoms with Crippen LogP contribution < -0.4 is 56.3 Å². The fraction of sp³-hybridized carbons (Fsp3) is 0.400. The van der Waals surface area contributed by atoms with Crippen molar-refractivity contribution >= 4 is 33.6 Å². The van der Waals surface area contributed by atoms with Crippen LogP contribution in [0.4, 0.5) is 5.69 Å². The number of rotatable bonds is 8. The summed E-state index contributed by atoms with van der Waals surface area (Å²) in [5.74, 6) is 0.0547. The molecule has 0 bridgehead atoms. The number of hydrogen-bond donors (Lipinski definition) is 0. The Morgan fingerprint density at radius 3 is 2.13 bits per heavy atom. The first kappa shape index (κ1) is 32.7. The molecule has 0 atom stereocenters. The van der Waals surface area contributed by atoms with Crippen molar-refractivity contribution in [2.45, 2.75) is 40.0 Å². The molecule has 4 nitrogen and oxygen atoms in total. The third-order valence-electron chi connectivity index (χ3n) is 4.06. The first-order valence-electron chi connectivity index (χ1n) is 10.1. The summed E-state index contributed by atoms with van der Waals surface area (Å²) in [6, 6.07) is 9.80. The fourth-order valence-electron chi connectivity index (χ4n) is 2.64. The van der Waals surface area contributed by atoms with E-state index in [-0.39, 0.29) is 64.7 Å². The minimum Gasteiger partial charge on any atom is -0.380 e. The molecule has 0 N–H and O–H groups in total. The van der Waals surface area contributed by atoms with Gasteiger partial charge in [0, 0.05) is 38.4 Å². The molecule has 2 rings (SSSR count). The van der Waals surface area contributed by atoms with E-state index in [1.165, 1.54) is 5.69 Å². The summed E-state index contributed by atoms with van der Waals surface area (Å²) in [6.07, 6.45) is 12.7. The molecule has 166 valence electrons. The van der Waals surface area contributed by atoms with E-state index in [0.717, 1.165) is 48.0 Å². The monoisotopic (exact) mass is 511 g/mol. The van der Waals surface area contributed by atoms with Crippen LogP contribution in [0.25, 0.3) is 6.08 Å². The van der Waals surface area contributed by atoms with Crippen LogP contribution in [0.1, 0.15) is 56.0 Å². The molecule has 0 saturated carbocycles. The first-order chi connectivity index (χ1) is 13.9. The number of halogens is 1. The number of nitrogens with zero attached hydrogens (tertiary/aromatic N) is 3. The summed E-state index contributed by atoms with van der Waals surface area (Å²) in [6.45, 7) is 8.55. The van der Waals surface area contributed by atoms with Crippen molar-refractivity contribution in [3.8, 4) is 0 Å². The van der Waals surface area contributed by atoms with Gasteiger partial charge in [0.1, 0.15) is 0 Å². The molecule has 31 heavy (non-hydrogen) atoms. The number of benzene rings is 1. The summed E-state index contributed by atoms with van der Waals surface area (Å²) in [7, 11) is 3.55. The summed E-state index contributed by atoms with van der Waals surface area (Å²) < 4.78 is 1.01. The average molecular weight is 513 g/mol. The Labute approximate surface area is 241 Å². The summed E-state index contributed by atoms with van der Waals surface area (Å²) in [5.41, 5.74) is 2.90. The zero-order valence-corrected chi connectivity index (χ0v) is 24.9. The predicted octanol–water partition coefficient (Wildman–Crippen LogP) is 3.34. The predicted molar refractivity (Wildman–Crippen MR) is 132 cm³/mol. The molecule has 0 radical (unpaired) electrons. The van der Waals surface area contributed by atoms with E-state index >= 15 is 0 Å². The van der Waals surface area contributed by atoms with Crippen LogP contribution in [0, 0.1) is 19.7 Å². The van der Waals surface area contributed by atoms with E-state index in [1.54, 1.807) is 25.2 Å². The molecule has 0 aliphatic heterocycles. The van der Waals surface area contributed by atoms with Gasteiger partial charge in [0.05, 0.1) is 0 Å². The number of carbonyl (C=O) groups is 1. The van der Waals surface area contributed by atoms with E-state index in [2.05, 4.69) is 51.9 Å². The maximum Gasteiger partial charge on any atom is 1.00 e. The summed E-state index contributed by atoms with van der Waals surface area (Å²) in [5, 5.41) is 0. The minimum atomic E-state index is 0. The molecule has 1 heterocycles. The molecular weight excluding hydrogens is 477 g/mol. The number of carbonyl (C=O) groups excluding carboxylic acids is 1. The Hall–Kier alpha value is -0.504. The molecule has 0 fully saturated rings. The molecule has 1 aromatic heterocycles. The number of allylic oxidation sites excluding steroid dienone is 1. The molecule has 1 aromatic carbocycles. The number of hydrogen-bond acceptors (Lipinski definition) is 3. The Morgan fingerprint density at radius 2 is 1.68 bits per heavy atom. The van der Waals surface area contributed by atoms with Crippen LogP contribution in [-0.4, -0.2) is 43.0 Å². The smallest absolute Gasteiger partial charge is 0.380 e. The third kappa shape index (κ3) is 12.3. The van der Waals surface area contributed by atoms with E-state index in [4.69, 9.17) is 0 Å². The molecule has 0 spiro atoms. The average Bonchev–Trinajstić information content (AvgIpc) is 2.73. The number of amides is 1. The second kappa shape index (κ2) is 19.0. The topological polar surface area (TPSA) is 36.4 Å². The van der Waals surface area contributed by atoms with Gasteiger partial charge in [-0.2, -0.15) is 0 Å². The normalized spacial score (nSPS) is 9.74. The van der Waals surface area contributed by atoms with Gasteiger partial charge in [-0.05, 0) is 37.1 Å². The summed E-state index contributed by atoms with van der Waals surface area (Å²) in [4.78, 5) is 19.6. The van der Waals surface area contributed by atoms with Crippen molar-refractivity contribution in [2.24, 2.45) is 0 Å². The third-order valence-corrected chi connectivity index (χ3v) is 4.75. The minimum absolute atomic E-state index is 0. The standard InChI is InChI=1S/C15H24N2O.C9H8BrN.CH3.K/c1-5-11-17(12-6-2)14-9-7-13(8-10-14)15(18)16(3)4;1-2-3-4-8-7-11-6-5-9(8)10;;/h7-10H,5-6,11-12H2,1-4H3;4-6H,2H2,1H3;1H3;/q;-2;-1;+1. The van der Waals surface area contributed by atoms with Crippen molar-refractivity contribution in [3.05, 3.63) is 71.8 Å². The van der Waals surface area contributed by atoms with Crippen LogP contribution in [0.5, 0.6) is 0 Å². The zero-order valence-electron chi connectivity index (χ0n) is 20.2. The number of pyridine rings is 1. The van der Waals surface area contributed by atoms with Crippen LogP contribution in [0.15, 0.2) is 41.0 Å². The van der Waals surface area contributed by atoms with E-state index in [1.807, 2.05) is 43.3 Å². The van der Waals surface area contributed by atoms with Gasteiger partial charge in [-0.1, -0.05) is 27.0 Å². The Bertz CT molecular complexity index is 758. The van der Waals surface area contributed by atoms with Crippen LogP contribution in [0.3, 0.4) is 0 Å². The zero-order chi connectivity index (χ0) is 21.6. The number of aromatic nitrogens is 1. The van der Waals surface area contributed by atoms with Gasteiger partial charge < -0.3 is 34.4 Å². The van der Waals surface area contributed by atoms with Crippen molar-refractivity contribution in [2.75, 3.05) is 32.1 Å². The van der Waals surface area contributed by atoms with Gasteiger partial charge in [-0.15, -0.1) is 39.1 Å². The molecule has 1 amide bonds. The van der Waals surface area contributed by atoms with Crippen molar-refractivity contribution in [3.63, 3.8) is 0 Å². The van der Waals surface area contributed by atoms with Crippen LogP contribution in [-0.2, 0) is 0 Å². The van der Waals surface area contributed by atoms with Crippen molar-refractivity contribution < 1.29 is 56.2 Å². The molecular formula is C25H35BrKN3O-2. The Balaban J connectivity index is 0. The van der Waals surface area contributed by atoms with Gasteiger partial charge in [0.15, 0.2) is 0 Å². The Kier molecular flexibility index (Phi) is 20.0. The second-order valence-electron chi connectivity index (χ2n) is 6.75. The quantitative estimate of drug-likeness (QED) is 0.402. The molecule has 2 aromatic rings. The summed E-state index contributed by atoms with van der Waals surface area (Å²) >= 11 is 3.38. The molecule has 0 saturated heterocycles. The van der Waals surface area contributed by atoms with Gasteiger partial charge in [-0.25, -0.2) is 0 Å². The second-order valence-corrected chi connectivity index (χ2v) is 7.61. The van der Waals surface area contributed by atoms with Crippen LogP contribution in [0.2, 0.25) is 0 Å². The maximum absolute atomic E-state index is 11.8. The van der Waals surface area contributed by atoms with Gasteiger partial charge in [-0.3, -0.25) is 10.4 Å². The van der Waals surface area contributed by atoms with Crippen molar-refractivity contribution in [1.29, 1.82) is 0 Å². The van der Waals surface area contributed by atoms with E-state index in [0.29, 0.717) is 0 Å². The van der Waals surface area contributed by atoms with Gasteiger partial charge in [0.2, 0.25) is 0 Å². The maximum atomic E-state index is 11.8. The van der Waals surface area contributed by atoms with Crippen LogP contribution >= 0.6 is 15.9 Å².